The molecule has 2 atom stereocenters. The lowest BCUT2D eigenvalue weighted by Gasteiger charge is -1.89. The van der Waals surface area contributed by atoms with Crippen LogP contribution in [0.5, 0.6) is 0 Å². The lowest BCUT2D eigenvalue weighted by Crippen LogP contribution is -1.94. The zero-order valence-corrected chi connectivity index (χ0v) is 5.02. The molecule has 1 aliphatic rings. The minimum absolute atomic E-state index is 0.239. The summed E-state index contributed by atoms with van der Waals surface area (Å²) in [6.07, 6.45) is 0.975. The maximum absolute atomic E-state index is 9.45. The highest BCUT2D eigenvalue weighted by Gasteiger charge is 2.35. The summed E-state index contributed by atoms with van der Waals surface area (Å²) in [5, 5.41) is 0.239. The molecule has 3 heteroatoms. The molecule has 0 spiro atoms. The minimum Gasteiger partial charge on any atom is -0.457 e. The molecule has 0 aromatic carbocycles. The predicted molar refractivity (Wildman–Crippen MR) is 29.4 cm³/mol. The van der Waals surface area contributed by atoms with Gasteiger partial charge in [0, 0.05) is 11.3 Å². The van der Waals surface area contributed by atoms with Gasteiger partial charge < -0.3 is 4.74 Å². The van der Waals surface area contributed by atoms with Crippen molar-refractivity contribution in [1.29, 1.82) is 0 Å². The Labute approximate surface area is 52.8 Å². The van der Waals surface area contributed by atoms with E-state index in [9.17, 15) is 4.79 Å². The van der Waals surface area contributed by atoms with Gasteiger partial charge in [-0.3, -0.25) is 0 Å². The summed E-state index contributed by atoms with van der Waals surface area (Å²) >= 11 is 5.58. The summed E-state index contributed by atoms with van der Waals surface area (Å²) in [6.45, 7) is 1.79. The van der Waals surface area contributed by atoms with Crippen LogP contribution < -0.4 is 0 Å². The predicted octanol–water partition coefficient (Wildman–Crippen LogP) is 0.698. The van der Waals surface area contributed by atoms with Crippen molar-refractivity contribution in [2.45, 2.75) is 11.8 Å². The van der Waals surface area contributed by atoms with E-state index in [1.165, 1.54) is 6.47 Å². The highest BCUT2D eigenvalue weighted by Crippen LogP contribution is 2.35. The quantitative estimate of drug-likeness (QED) is 0.530. The van der Waals surface area contributed by atoms with E-state index in [-0.39, 0.29) is 5.38 Å². The highest BCUT2D eigenvalue weighted by atomic mass is 35.5. The fourth-order valence-electron chi connectivity index (χ4n) is 0.524. The van der Waals surface area contributed by atoms with Crippen LogP contribution >= 0.6 is 11.6 Å². The Morgan fingerprint density at radius 3 is 2.88 bits per heavy atom. The van der Waals surface area contributed by atoms with Gasteiger partial charge in [-0.1, -0.05) is 0 Å². The second kappa shape index (κ2) is 2.35. The summed E-state index contributed by atoms with van der Waals surface area (Å²) in [7, 11) is 0. The molecular weight excluding hydrogens is 128 g/mol. The van der Waals surface area contributed by atoms with Gasteiger partial charge in [-0.05, 0) is 6.42 Å². The molecule has 0 heterocycles. The lowest BCUT2D eigenvalue weighted by atomic mass is 10.5. The zero-order chi connectivity index (χ0) is 5.98. The van der Waals surface area contributed by atoms with Crippen molar-refractivity contribution in [3.8, 4) is 0 Å². The van der Waals surface area contributed by atoms with Gasteiger partial charge in [-0.25, -0.2) is 4.79 Å². The van der Waals surface area contributed by atoms with Crippen molar-refractivity contribution in [3.05, 3.63) is 0 Å². The smallest absolute Gasteiger partial charge is 0.417 e. The van der Waals surface area contributed by atoms with Gasteiger partial charge in [0.2, 0.25) is 0 Å². The second-order valence-electron chi connectivity index (χ2n) is 1.91. The van der Waals surface area contributed by atoms with Gasteiger partial charge in [-0.2, -0.15) is 0 Å². The van der Waals surface area contributed by atoms with E-state index in [0.717, 1.165) is 6.42 Å². The molecule has 1 saturated carbocycles. The molecule has 2 unspecified atom stereocenters. The van der Waals surface area contributed by atoms with E-state index in [2.05, 4.69) is 4.74 Å². The molecule has 0 aromatic rings. The summed E-state index contributed by atoms with van der Waals surface area (Å²) < 4.78 is 4.34. The fraction of sp³-hybridized carbons (Fsp3) is 0.800. The molecule has 0 aliphatic heterocycles. The van der Waals surface area contributed by atoms with Gasteiger partial charge in [0.15, 0.2) is 0 Å². The minimum atomic E-state index is 0.239. The van der Waals surface area contributed by atoms with Gasteiger partial charge in [-0.15, -0.1) is 11.6 Å². The topological polar surface area (TPSA) is 26.3 Å². The maximum atomic E-state index is 9.45. The van der Waals surface area contributed by atoms with E-state index in [0.29, 0.717) is 12.5 Å². The summed E-state index contributed by atoms with van der Waals surface area (Å²) in [4.78, 5) is 9.45. The number of hydrogen-bond acceptors (Lipinski definition) is 2. The number of rotatable bonds is 3. The number of halogens is 1. The van der Waals surface area contributed by atoms with Crippen molar-refractivity contribution >= 4 is 18.1 Å². The SMILES string of the molecule is O=[C]OCC1CC1Cl. The normalized spacial score (nSPS) is 34.1. The van der Waals surface area contributed by atoms with Crippen LogP contribution in [0, 0.1) is 5.92 Å². The van der Waals surface area contributed by atoms with Crippen LogP contribution in [0.1, 0.15) is 6.42 Å². The van der Waals surface area contributed by atoms with E-state index in [4.69, 9.17) is 11.6 Å². The lowest BCUT2D eigenvalue weighted by molar-refractivity contribution is 0.264. The third-order valence-corrected chi connectivity index (χ3v) is 1.73. The molecule has 1 rings (SSSR count). The standard InChI is InChI=1S/C5H6ClO2/c6-5-1-4(5)2-8-3-7/h4-5H,1-2H2. The van der Waals surface area contributed by atoms with Crippen molar-refractivity contribution < 1.29 is 9.53 Å². The van der Waals surface area contributed by atoms with Crippen LogP contribution in [0.25, 0.3) is 0 Å². The molecule has 2 nitrogen and oxygen atoms in total. The Balaban J connectivity index is 1.97. The molecule has 1 fully saturated rings. The van der Waals surface area contributed by atoms with Crippen molar-refractivity contribution in [3.63, 3.8) is 0 Å². The van der Waals surface area contributed by atoms with Gasteiger partial charge in [0.1, 0.15) is 0 Å². The first kappa shape index (κ1) is 5.89. The molecule has 1 radical (unpaired) electrons. The molecule has 45 valence electrons. The summed E-state index contributed by atoms with van der Waals surface area (Å²) in [5.41, 5.74) is 0. The van der Waals surface area contributed by atoms with Gasteiger partial charge >= 0.3 is 6.47 Å². The van der Waals surface area contributed by atoms with E-state index in [1.807, 2.05) is 0 Å². The first-order valence-electron chi connectivity index (χ1n) is 2.47. The molecule has 0 aromatic heterocycles. The Hall–Kier alpha value is -0.240. The molecule has 0 saturated heterocycles. The first-order valence-corrected chi connectivity index (χ1v) is 2.91. The molecule has 0 N–H and O–H groups in total. The average Bonchev–Trinajstić information content (AvgIpc) is 2.42. The summed E-state index contributed by atoms with van der Waals surface area (Å²) in [6, 6.07) is 0. The highest BCUT2D eigenvalue weighted by molar-refractivity contribution is 6.22. The summed E-state index contributed by atoms with van der Waals surface area (Å²) in [5.74, 6) is 0.401. The molecular formula is C5H6ClO2. The van der Waals surface area contributed by atoms with Crippen LogP contribution in [0.4, 0.5) is 0 Å². The molecule has 8 heavy (non-hydrogen) atoms. The largest absolute Gasteiger partial charge is 0.457 e. The number of hydrogen-bond donors (Lipinski definition) is 0. The molecule has 1 aliphatic carbocycles. The molecule has 0 bridgehead atoms. The fourth-order valence-corrected chi connectivity index (χ4v) is 0.826. The van der Waals surface area contributed by atoms with Gasteiger partial charge in [0.25, 0.3) is 0 Å². The van der Waals surface area contributed by atoms with Crippen LogP contribution in [-0.4, -0.2) is 18.5 Å². The second-order valence-corrected chi connectivity index (χ2v) is 2.47. The third-order valence-electron chi connectivity index (χ3n) is 1.19. The maximum Gasteiger partial charge on any atom is 0.417 e. The van der Waals surface area contributed by atoms with Crippen LogP contribution in [0.15, 0.2) is 0 Å². The van der Waals surface area contributed by atoms with Crippen LogP contribution in [0.3, 0.4) is 0 Å². The van der Waals surface area contributed by atoms with Crippen LogP contribution in [-0.2, 0) is 9.53 Å². The zero-order valence-electron chi connectivity index (χ0n) is 4.26. The van der Waals surface area contributed by atoms with E-state index in [1.54, 1.807) is 0 Å². The van der Waals surface area contributed by atoms with Crippen LogP contribution in [0.2, 0.25) is 0 Å². The number of alkyl halides is 1. The monoisotopic (exact) mass is 133 g/mol. The number of ether oxygens (including phenoxy) is 1. The Kier molecular flexibility index (Phi) is 1.73. The molecule has 0 amide bonds. The van der Waals surface area contributed by atoms with Gasteiger partial charge in [0.05, 0.1) is 6.61 Å². The Morgan fingerprint density at radius 2 is 2.50 bits per heavy atom. The van der Waals surface area contributed by atoms with E-state index >= 15 is 0 Å². The van der Waals surface area contributed by atoms with Crippen molar-refractivity contribution in [2.24, 2.45) is 5.92 Å². The third kappa shape index (κ3) is 1.37. The first-order chi connectivity index (χ1) is 3.84. The van der Waals surface area contributed by atoms with Crippen molar-refractivity contribution in [1.82, 2.24) is 0 Å². The number of carbonyl (C=O) groups excluding carboxylic acids is 1. The Morgan fingerprint density at radius 1 is 1.88 bits per heavy atom. The van der Waals surface area contributed by atoms with Crippen molar-refractivity contribution in [2.75, 3.05) is 6.61 Å². The average molecular weight is 134 g/mol. The Bertz CT molecular complexity index is 94.4. The van der Waals surface area contributed by atoms with E-state index < -0.39 is 0 Å².